The summed E-state index contributed by atoms with van der Waals surface area (Å²) in [5.41, 5.74) is 3.58. The van der Waals surface area contributed by atoms with E-state index in [1.54, 1.807) is 30.3 Å². The molecule has 0 spiro atoms. The fourth-order valence-corrected chi connectivity index (χ4v) is 2.68. The van der Waals surface area contributed by atoms with Gasteiger partial charge in [0.2, 0.25) is 5.91 Å². The summed E-state index contributed by atoms with van der Waals surface area (Å²) >= 11 is 5.10. The first kappa shape index (κ1) is 18.1. The SMILES string of the molecule is O=C1NC(=S)N(c2ccccc2)C(=O)[C@@H]1/C=N\Nc1ccc([N+](=O)[O-])cc1. The summed E-state index contributed by atoms with van der Waals surface area (Å²) in [6, 6.07) is 14.2. The highest BCUT2D eigenvalue weighted by molar-refractivity contribution is 7.80. The maximum atomic E-state index is 12.7. The topological polar surface area (TPSA) is 117 Å². The third kappa shape index (κ3) is 3.96. The lowest BCUT2D eigenvalue weighted by Gasteiger charge is -2.30. The van der Waals surface area contributed by atoms with Gasteiger partial charge in [-0.3, -0.25) is 30.0 Å². The summed E-state index contributed by atoms with van der Waals surface area (Å²) in [5, 5.41) is 17.0. The fraction of sp³-hybridized carbons (Fsp3) is 0.0588. The highest BCUT2D eigenvalue weighted by Crippen LogP contribution is 2.20. The first-order valence-corrected chi connectivity index (χ1v) is 8.15. The zero-order valence-corrected chi connectivity index (χ0v) is 14.6. The maximum Gasteiger partial charge on any atom is 0.269 e. The van der Waals surface area contributed by atoms with Crippen molar-refractivity contribution < 1.29 is 14.5 Å². The van der Waals surface area contributed by atoms with Gasteiger partial charge in [-0.2, -0.15) is 5.10 Å². The van der Waals surface area contributed by atoms with Gasteiger partial charge in [0.1, 0.15) is 0 Å². The highest BCUT2D eigenvalue weighted by Gasteiger charge is 2.38. The number of benzene rings is 2. The lowest BCUT2D eigenvalue weighted by Crippen LogP contribution is -2.58. The molecule has 2 amide bonds. The number of anilines is 2. The summed E-state index contributed by atoms with van der Waals surface area (Å²) in [7, 11) is 0. The molecule has 0 unspecified atom stereocenters. The summed E-state index contributed by atoms with van der Waals surface area (Å²) in [5.74, 6) is -2.27. The maximum absolute atomic E-state index is 12.7. The minimum absolute atomic E-state index is 0.00387. The Bertz CT molecular complexity index is 930. The molecule has 3 rings (SSSR count). The van der Waals surface area contributed by atoms with Crippen molar-refractivity contribution in [3.05, 3.63) is 64.7 Å². The van der Waals surface area contributed by atoms with Crippen molar-refractivity contribution in [2.45, 2.75) is 0 Å². The van der Waals surface area contributed by atoms with Gasteiger partial charge in [0.25, 0.3) is 11.6 Å². The fourth-order valence-electron chi connectivity index (χ4n) is 2.39. The molecule has 2 aromatic carbocycles. The number of hydrogen-bond acceptors (Lipinski definition) is 7. The van der Waals surface area contributed by atoms with Gasteiger partial charge in [0.15, 0.2) is 11.0 Å². The van der Waals surface area contributed by atoms with Crippen molar-refractivity contribution in [3.63, 3.8) is 0 Å². The molecular weight excluding hydrogens is 370 g/mol. The minimum atomic E-state index is -1.16. The lowest BCUT2D eigenvalue weighted by atomic mass is 10.1. The molecule has 1 aliphatic heterocycles. The molecular formula is C17H13N5O4S. The molecule has 0 aliphatic carbocycles. The molecule has 1 fully saturated rings. The van der Waals surface area contributed by atoms with Crippen molar-refractivity contribution in [3.8, 4) is 0 Å². The third-order valence-electron chi connectivity index (χ3n) is 3.71. The average molecular weight is 383 g/mol. The van der Waals surface area contributed by atoms with Crippen molar-refractivity contribution in [2.24, 2.45) is 11.0 Å². The van der Waals surface area contributed by atoms with Crippen LogP contribution in [0.4, 0.5) is 17.1 Å². The van der Waals surface area contributed by atoms with E-state index in [2.05, 4.69) is 15.8 Å². The summed E-state index contributed by atoms with van der Waals surface area (Å²) < 4.78 is 0. The van der Waals surface area contributed by atoms with E-state index in [1.165, 1.54) is 29.2 Å². The molecule has 0 bridgehead atoms. The van der Waals surface area contributed by atoms with Crippen LogP contribution in [0.2, 0.25) is 0 Å². The Labute approximate surface area is 158 Å². The Morgan fingerprint density at radius 1 is 1.15 bits per heavy atom. The summed E-state index contributed by atoms with van der Waals surface area (Å²) in [6.07, 6.45) is 1.16. The van der Waals surface area contributed by atoms with Gasteiger partial charge >= 0.3 is 0 Å². The molecule has 1 atom stereocenters. The molecule has 2 aromatic rings. The van der Waals surface area contributed by atoms with Gasteiger partial charge in [-0.15, -0.1) is 0 Å². The zero-order valence-electron chi connectivity index (χ0n) is 13.7. The number of nitro benzene ring substituents is 1. The Balaban J connectivity index is 1.74. The molecule has 10 heteroatoms. The standard InChI is InChI=1S/C17H13N5O4S/c23-15-14(10-18-20-11-6-8-13(9-7-11)22(25)26)16(24)21(17(27)19-15)12-4-2-1-3-5-12/h1-10,14,20H,(H,19,23,27)/b18-10-/t14-/m1/s1. The van der Waals surface area contributed by atoms with Crippen LogP contribution in [-0.2, 0) is 9.59 Å². The molecule has 0 saturated carbocycles. The van der Waals surface area contributed by atoms with Crippen LogP contribution in [0.25, 0.3) is 0 Å². The number of hydrogen-bond donors (Lipinski definition) is 2. The van der Waals surface area contributed by atoms with E-state index in [0.29, 0.717) is 11.4 Å². The Kier molecular flexibility index (Phi) is 5.18. The van der Waals surface area contributed by atoms with Gasteiger partial charge in [-0.05, 0) is 36.5 Å². The number of nitrogens with one attached hydrogen (secondary N) is 2. The van der Waals surface area contributed by atoms with E-state index in [-0.39, 0.29) is 10.8 Å². The molecule has 9 nitrogen and oxygen atoms in total. The predicted molar refractivity (Wildman–Crippen MR) is 103 cm³/mol. The summed E-state index contributed by atoms with van der Waals surface area (Å²) in [4.78, 5) is 36.2. The second-order valence-corrected chi connectivity index (χ2v) is 5.86. The van der Waals surface area contributed by atoms with E-state index in [0.717, 1.165) is 6.21 Å². The molecule has 2 N–H and O–H groups in total. The smallest absolute Gasteiger partial charge is 0.269 e. The molecule has 1 saturated heterocycles. The number of carbonyl (C=O) groups excluding carboxylic acids is 2. The monoisotopic (exact) mass is 383 g/mol. The van der Waals surface area contributed by atoms with Crippen LogP contribution in [0.1, 0.15) is 0 Å². The van der Waals surface area contributed by atoms with E-state index in [4.69, 9.17) is 12.2 Å². The predicted octanol–water partition coefficient (Wildman–Crippen LogP) is 2.06. The van der Waals surface area contributed by atoms with Crippen LogP contribution in [-0.4, -0.2) is 28.1 Å². The zero-order chi connectivity index (χ0) is 19.4. The van der Waals surface area contributed by atoms with Crippen LogP contribution in [0.5, 0.6) is 0 Å². The Hall–Kier alpha value is -3.66. The van der Waals surface area contributed by atoms with E-state index in [1.807, 2.05) is 0 Å². The molecule has 136 valence electrons. The molecule has 0 radical (unpaired) electrons. The van der Waals surface area contributed by atoms with Crippen LogP contribution < -0.4 is 15.6 Å². The van der Waals surface area contributed by atoms with Crippen LogP contribution in [0, 0.1) is 16.0 Å². The van der Waals surface area contributed by atoms with Crippen LogP contribution >= 0.6 is 12.2 Å². The van der Waals surface area contributed by atoms with Gasteiger partial charge in [-0.25, -0.2) is 0 Å². The van der Waals surface area contributed by atoms with E-state index >= 15 is 0 Å². The highest BCUT2D eigenvalue weighted by atomic mass is 32.1. The van der Waals surface area contributed by atoms with Crippen molar-refractivity contribution in [2.75, 3.05) is 10.3 Å². The number of para-hydroxylation sites is 1. The van der Waals surface area contributed by atoms with Crippen molar-refractivity contribution in [1.29, 1.82) is 0 Å². The summed E-state index contributed by atoms with van der Waals surface area (Å²) in [6.45, 7) is 0. The third-order valence-corrected chi connectivity index (χ3v) is 4.00. The molecule has 1 aliphatic rings. The number of nitrogens with zero attached hydrogens (tertiary/aromatic N) is 3. The second-order valence-electron chi connectivity index (χ2n) is 5.48. The molecule has 1 heterocycles. The Morgan fingerprint density at radius 3 is 2.44 bits per heavy atom. The first-order valence-electron chi connectivity index (χ1n) is 7.75. The number of non-ortho nitro benzene ring substituents is 1. The number of rotatable bonds is 5. The van der Waals surface area contributed by atoms with Crippen molar-refractivity contribution >= 4 is 52.4 Å². The second kappa shape index (κ2) is 7.70. The van der Waals surface area contributed by atoms with E-state index in [9.17, 15) is 19.7 Å². The number of hydrazone groups is 1. The van der Waals surface area contributed by atoms with Crippen LogP contribution in [0.3, 0.4) is 0 Å². The quantitative estimate of drug-likeness (QED) is 0.268. The lowest BCUT2D eigenvalue weighted by molar-refractivity contribution is -0.384. The Morgan fingerprint density at radius 2 is 1.81 bits per heavy atom. The van der Waals surface area contributed by atoms with E-state index < -0.39 is 22.7 Å². The van der Waals surface area contributed by atoms with Gasteiger partial charge in [-0.1, -0.05) is 18.2 Å². The average Bonchev–Trinajstić information content (AvgIpc) is 2.65. The van der Waals surface area contributed by atoms with Crippen molar-refractivity contribution in [1.82, 2.24) is 5.32 Å². The normalized spacial score (nSPS) is 17.1. The largest absolute Gasteiger partial charge is 0.301 e. The number of thiocarbonyl (C=S) groups is 1. The van der Waals surface area contributed by atoms with Gasteiger partial charge in [0, 0.05) is 18.3 Å². The van der Waals surface area contributed by atoms with Gasteiger partial charge in [0.05, 0.1) is 16.3 Å². The number of carbonyl (C=O) groups is 2. The van der Waals surface area contributed by atoms with Gasteiger partial charge < -0.3 is 5.32 Å². The number of amides is 2. The molecule has 27 heavy (non-hydrogen) atoms. The molecule has 0 aromatic heterocycles. The number of nitro groups is 1. The van der Waals surface area contributed by atoms with Crippen LogP contribution in [0.15, 0.2) is 59.7 Å². The minimum Gasteiger partial charge on any atom is -0.301 e. The first-order chi connectivity index (χ1) is 13.0.